The molecule has 2 heterocycles. The smallest absolute Gasteiger partial charge is 0.0704 e. The number of piperazine rings is 1. The zero-order chi connectivity index (χ0) is 13.1. The predicted molar refractivity (Wildman–Crippen MR) is 79.5 cm³/mol. The van der Waals surface area contributed by atoms with Crippen molar-refractivity contribution >= 4 is 10.9 Å². The maximum absolute atomic E-state index is 4.45. The maximum atomic E-state index is 4.45. The summed E-state index contributed by atoms with van der Waals surface area (Å²) in [7, 11) is 0. The molecule has 3 nitrogen and oxygen atoms in total. The Bertz CT molecular complexity index is 541. The lowest BCUT2D eigenvalue weighted by molar-refractivity contribution is 0.231. The van der Waals surface area contributed by atoms with Crippen molar-refractivity contribution in [1.82, 2.24) is 15.2 Å². The van der Waals surface area contributed by atoms with E-state index in [4.69, 9.17) is 0 Å². The van der Waals surface area contributed by atoms with Crippen molar-refractivity contribution in [2.45, 2.75) is 12.8 Å². The van der Waals surface area contributed by atoms with Gasteiger partial charge in [0.05, 0.1) is 5.52 Å². The van der Waals surface area contributed by atoms with Crippen molar-refractivity contribution in [3.63, 3.8) is 0 Å². The van der Waals surface area contributed by atoms with Gasteiger partial charge in [0.25, 0.3) is 0 Å². The molecule has 1 unspecified atom stereocenters. The summed E-state index contributed by atoms with van der Waals surface area (Å²) < 4.78 is 0. The first-order chi connectivity index (χ1) is 9.34. The third kappa shape index (κ3) is 2.77. The second-order valence-corrected chi connectivity index (χ2v) is 5.37. The Kier molecular flexibility index (Phi) is 3.76. The van der Waals surface area contributed by atoms with Crippen LogP contribution in [0.15, 0.2) is 36.5 Å². The molecule has 3 rings (SSSR count). The fraction of sp³-hybridized carbons (Fsp3) is 0.438. The van der Waals surface area contributed by atoms with E-state index in [1.165, 1.54) is 10.9 Å². The highest BCUT2D eigenvalue weighted by Gasteiger charge is 2.16. The molecule has 19 heavy (non-hydrogen) atoms. The molecule has 1 aliphatic rings. The number of rotatable bonds is 3. The minimum Gasteiger partial charge on any atom is -0.314 e. The maximum Gasteiger partial charge on any atom is 0.0704 e. The van der Waals surface area contributed by atoms with Gasteiger partial charge >= 0.3 is 0 Å². The van der Waals surface area contributed by atoms with E-state index in [1.807, 2.05) is 6.20 Å². The Labute approximate surface area is 114 Å². The molecular formula is C16H21N3. The first-order valence-corrected chi connectivity index (χ1v) is 7.11. The van der Waals surface area contributed by atoms with Gasteiger partial charge in [-0.1, -0.05) is 25.1 Å². The van der Waals surface area contributed by atoms with Gasteiger partial charge in [0.2, 0.25) is 0 Å². The Hall–Kier alpha value is -1.45. The number of para-hydroxylation sites is 1. The van der Waals surface area contributed by atoms with Crippen molar-refractivity contribution in [3.05, 3.63) is 42.1 Å². The van der Waals surface area contributed by atoms with Crippen LogP contribution in [0.5, 0.6) is 0 Å². The number of benzene rings is 1. The minimum atomic E-state index is 0.547. The first kappa shape index (κ1) is 12.6. The summed E-state index contributed by atoms with van der Waals surface area (Å²) in [5, 5.41) is 4.70. The van der Waals surface area contributed by atoms with E-state index in [-0.39, 0.29) is 0 Å². The third-order valence-corrected chi connectivity index (χ3v) is 3.96. The van der Waals surface area contributed by atoms with Crippen LogP contribution in [0, 0.1) is 0 Å². The van der Waals surface area contributed by atoms with Crippen LogP contribution >= 0.6 is 0 Å². The van der Waals surface area contributed by atoms with Crippen molar-refractivity contribution in [1.29, 1.82) is 0 Å². The number of pyridine rings is 1. The number of fused-ring (bicyclic) bond motifs is 1. The molecule has 1 aliphatic heterocycles. The van der Waals surface area contributed by atoms with Gasteiger partial charge in [-0.05, 0) is 23.6 Å². The topological polar surface area (TPSA) is 28.2 Å². The molecule has 2 aromatic rings. The van der Waals surface area contributed by atoms with E-state index in [0.717, 1.165) is 38.2 Å². The molecule has 100 valence electrons. The van der Waals surface area contributed by atoms with E-state index in [0.29, 0.717) is 5.92 Å². The number of nitrogens with one attached hydrogen (secondary N) is 1. The Balaban J connectivity index is 1.82. The van der Waals surface area contributed by atoms with Gasteiger partial charge < -0.3 is 10.2 Å². The quantitative estimate of drug-likeness (QED) is 0.911. The molecule has 1 N–H and O–H groups in total. The second-order valence-electron chi connectivity index (χ2n) is 5.37. The summed E-state index contributed by atoms with van der Waals surface area (Å²) in [6.07, 6.45) is 1.94. The highest BCUT2D eigenvalue weighted by Crippen LogP contribution is 2.24. The van der Waals surface area contributed by atoms with Crippen LogP contribution in [-0.2, 0) is 0 Å². The minimum absolute atomic E-state index is 0.547. The molecule has 1 aromatic heterocycles. The van der Waals surface area contributed by atoms with Crippen LogP contribution in [0.2, 0.25) is 0 Å². The van der Waals surface area contributed by atoms with E-state index in [9.17, 15) is 0 Å². The van der Waals surface area contributed by atoms with E-state index in [2.05, 4.69) is 52.5 Å². The van der Waals surface area contributed by atoms with Crippen LogP contribution in [0.25, 0.3) is 10.9 Å². The molecule has 0 bridgehead atoms. The van der Waals surface area contributed by atoms with E-state index >= 15 is 0 Å². The summed E-state index contributed by atoms with van der Waals surface area (Å²) in [5.74, 6) is 0.547. The second kappa shape index (κ2) is 5.68. The molecule has 3 heteroatoms. The molecule has 0 aliphatic carbocycles. The standard InChI is InChI=1S/C16H21N3/c1-13(12-19-10-8-17-9-11-19)14-6-7-18-16-5-3-2-4-15(14)16/h2-7,13,17H,8-12H2,1H3. The summed E-state index contributed by atoms with van der Waals surface area (Å²) >= 11 is 0. The number of nitrogens with zero attached hydrogens (tertiary/aromatic N) is 2. The van der Waals surface area contributed by atoms with Crippen LogP contribution in [0.3, 0.4) is 0 Å². The lowest BCUT2D eigenvalue weighted by Crippen LogP contribution is -2.44. The highest BCUT2D eigenvalue weighted by atomic mass is 15.2. The van der Waals surface area contributed by atoms with Crippen LogP contribution in [-0.4, -0.2) is 42.6 Å². The van der Waals surface area contributed by atoms with Gasteiger partial charge in [0, 0.05) is 44.3 Å². The van der Waals surface area contributed by atoms with Crippen LogP contribution in [0.1, 0.15) is 18.4 Å². The van der Waals surface area contributed by atoms with Gasteiger partial charge in [-0.25, -0.2) is 0 Å². The molecule has 1 aromatic carbocycles. The Morgan fingerprint density at radius 1 is 1.21 bits per heavy atom. The molecule has 0 spiro atoms. The number of aromatic nitrogens is 1. The van der Waals surface area contributed by atoms with Crippen molar-refractivity contribution in [2.24, 2.45) is 0 Å². The van der Waals surface area contributed by atoms with Crippen molar-refractivity contribution in [3.8, 4) is 0 Å². The number of hydrogen-bond acceptors (Lipinski definition) is 3. The summed E-state index contributed by atoms with van der Waals surface area (Å²) in [6, 6.07) is 10.6. The lowest BCUT2D eigenvalue weighted by Gasteiger charge is -2.30. The molecule has 0 amide bonds. The fourth-order valence-electron chi connectivity index (χ4n) is 2.93. The van der Waals surface area contributed by atoms with Crippen LogP contribution < -0.4 is 5.32 Å². The summed E-state index contributed by atoms with van der Waals surface area (Å²) in [4.78, 5) is 7.00. The Morgan fingerprint density at radius 2 is 2.00 bits per heavy atom. The third-order valence-electron chi connectivity index (χ3n) is 3.96. The fourth-order valence-corrected chi connectivity index (χ4v) is 2.93. The zero-order valence-corrected chi connectivity index (χ0v) is 11.5. The molecule has 1 fully saturated rings. The SMILES string of the molecule is CC(CN1CCNCC1)c1ccnc2ccccc12. The average Bonchev–Trinajstić information content (AvgIpc) is 2.47. The van der Waals surface area contributed by atoms with Gasteiger partial charge in [0.15, 0.2) is 0 Å². The largest absolute Gasteiger partial charge is 0.314 e. The normalized spacial score (nSPS) is 18.6. The molecular weight excluding hydrogens is 234 g/mol. The van der Waals surface area contributed by atoms with Gasteiger partial charge in [-0.3, -0.25) is 4.98 Å². The summed E-state index contributed by atoms with van der Waals surface area (Å²) in [6.45, 7) is 8.01. The lowest BCUT2D eigenvalue weighted by atomic mass is 9.96. The van der Waals surface area contributed by atoms with Crippen molar-refractivity contribution < 1.29 is 0 Å². The van der Waals surface area contributed by atoms with E-state index < -0.39 is 0 Å². The summed E-state index contributed by atoms with van der Waals surface area (Å²) in [5.41, 5.74) is 2.52. The van der Waals surface area contributed by atoms with E-state index in [1.54, 1.807) is 0 Å². The van der Waals surface area contributed by atoms with Crippen LogP contribution in [0.4, 0.5) is 0 Å². The average molecular weight is 255 g/mol. The molecule has 0 saturated carbocycles. The first-order valence-electron chi connectivity index (χ1n) is 7.11. The predicted octanol–water partition coefficient (Wildman–Crippen LogP) is 2.24. The van der Waals surface area contributed by atoms with Gasteiger partial charge in [-0.15, -0.1) is 0 Å². The molecule has 1 saturated heterocycles. The van der Waals surface area contributed by atoms with Gasteiger partial charge in [0.1, 0.15) is 0 Å². The zero-order valence-electron chi connectivity index (χ0n) is 11.5. The molecule has 0 radical (unpaired) electrons. The highest BCUT2D eigenvalue weighted by molar-refractivity contribution is 5.82. The van der Waals surface area contributed by atoms with Gasteiger partial charge in [-0.2, -0.15) is 0 Å². The molecule has 1 atom stereocenters. The van der Waals surface area contributed by atoms with Crippen molar-refractivity contribution in [2.75, 3.05) is 32.7 Å². The monoisotopic (exact) mass is 255 g/mol. The number of hydrogen-bond donors (Lipinski definition) is 1. The Morgan fingerprint density at radius 3 is 2.84 bits per heavy atom.